The first-order valence-corrected chi connectivity index (χ1v) is 13.7. The molecule has 5 rings (SSSR count). The molecule has 40 heavy (non-hydrogen) atoms. The quantitative estimate of drug-likeness (QED) is 0.232. The van der Waals surface area contributed by atoms with Gasteiger partial charge in [-0.3, -0.25) is 4.79 Å². The standard InChI is InChI=1S/C30H31N5O4S/c1-17-6-7-21(18(2)14-17)16-40-30-33-29-31-19(3)26(28(37)32-22-9-11-23(38-4)12-10-22)27(35(29)34-30)20-8-13-24(36)25(15-20)39-5/h6-15,27,36H,16H2,1-5H3,(H,32,37)(H,31,33,34)/t27-/m0/s1. The number of ether oxygens (including phenoxy) is 2. The van der Waals surface area contributed by atoms with Gasteiger partial charge in [0.25, 0.3) is 5.91 Å². The van der Waals surface area contributed by atoms with Crippen LogP contribution in [-0.4, -0.2) is 40.0 Å². The number of nitrogens with one attached hydrogen (secondary N) is 2. The second-order valence-corrected chi connectivity index (χ2v) is 10.5. The fourth-order valence-electron chi connectivity index (χ4n) is 4.68. The Hall–Kier alpha value is -4.44. The molecule has 3 aromatic carbocycles. The number of carbonyl (C=O) groups is 1. The van der Waals surface area contributed by atoms with Crippen LogP contribution in [0.15, 0.2) is 77.1 Å². The van der Waals surface area contributed by atoms with Gasteiger partial charge in [-0.15, -0.1) is 5.10 Å². The van der Waals surface area contributed by atoms with Gasteiger partial charge < -0.3 is 25.2 Å². The Kier molecular flexibility index (Phi) is 7.70. The van der Waals surface area contributed by atoms with Crippen molar-refractivity contribution in [3.63, 3.8) is 0 Å². The number of hydrogen-bond donors (Lipinski definition) is 3. The number of benzene rings is 3. The van der Waals surface area contributed by atoms with Crippen LogP contribution < -0.4 is 20.1 Å². The predicted molar refractivity (Wildman–Crippen MR) is 156 cm³/mol. The summed E-state index contributed by atoms with van der Waals surface area (Å²) in [6.45, 7) is 6.02. The van der Waals surface area contributed by atoms with Gasteiger partial charge in [0, 0.05) is 17.1 Å². The normalized spacial score (nSPS) is 14.4. The van der Waals surface area contributed by atoms with E-state index in [0.717, 1.165) is 0 Å². The van der Waals surface area contributed by atoms with E-state index in [0.29, 0.717) is 50.9 Å². The number of methoxy groups -OCH3 is 2. The van der Waals surface area contributed by atoms with Crippen molar-refractivity contribution in [1.82, 2.24) is 14.8 Å². The molecule has 3 N–H and O–H groups in total. The molecular formula is C30H31N5O4S. The van der Waals surface area contributed by atoms with E-state index in [1.165, 1.54) is 35.6 Å². The number of phenolic OH excluding ortho intramolecular Hbond substituents is 1. The highest BCUT2D eigenvalue weighted by atomic mass is 32.2. The van der Waals surface area contributed by atoms with E-state index in [-0.39, 0.29) is 11.7 Å². The zero-order valence-corrected chi connectivity index (χ0v) is 23.8. The maximum Gasteiger partial charge on any atom is 0.255 e. The Morgan fingerprint density at radius 1 is 1.05 bits per heavy atom. The number of allylic oxidation sites excluding steroid dienone is 1. The number of amides is 1. The molecule has 206 valence electrons. The van der Waals surface area contributed by atoms with Gasteiger partial charge in [-0.25, -0.2) is 4.68 Å². The van der Waals surface area contributed by atoms with Gasteiger partial charge in [-0.1, -0.05) is 41.6 Å². The Morgan fingerprint density at radius 2 is 1.82 bits per heavy atom. The molecule has 0 saturated heterocycles. The van der Waals surface area contributed by atoms with Crippen LogP contribution in [0.1, 0.15) is 35.2 Å². The van der Waals surface area contributed by atoms with Crippen LogP contribution in [0.5, 0.6) is 17.2 Å². The lowest BCUT2D eigenvalue weighted by atomic mass is 9.94. The Morgan fingerprint density at radius 3 is 2.52 bits per heavy atom. The van der Waals surface area contributed by atoms with Crippen molar-refractivity contribution in [2.75, 3.05) is 24.9 Å². The van der Waals surface area contributed by atoms with Crippen molar-refractivity contribution < 1.29 is 19.4 Å². The van der Waals surface area contributed by atoms with Gasteiger partial charge in [0.2, 0.25) is 11.1 Å². The molecule has 0 spiro atoms. The van der Waals surface area contributed by atoms with E-state index < -0.39 is 6.04 Å². The third kappa shape index (κ3) is 5.48. The van der Waals surface area contributed by atoms with Crippen LogP contribution >= 0.6 is 11.8 Å². The molecule has 1 atom stereocenters. The first-order chi connectivity index (χ1) is 19.3. The lowest BCUT2D eigenvalue weighted by Gasteiger charge is -2.29. The van der Waals surface area contributed by atoms with Crippen molar-refractivity contribution in [2.24, 2.45) is 0 Å². The predicted octanol–water partition coefficient (Wildman–Crippen LogP) is 5.84. The number of carbonyl (C=O) groups excluding carboxylic acids is 1. The molecule has 10 heteroatoms. The molecule has 0 fully saturated rings. The van der Waals surface area contributed by atoms with Crippen molar-refractivity contribution in [3.8, 4) is 17.2 Å². The highest BCUT2D eigenvalue weighted by Crippen LogP contribution is 2.40. The largest absolute Gasteiger partial charge is 0.504 e. The number of fused-ring (bicyclic) bond motifs is 1. The molecule has 4 aromatic rings. The second-order valence-electron chi connectivity index (χ2n) is 9.56. The van der Waals surface area contributed by atoms with Crippen LogP contribution in [0.4, 0.5) is 11.6 Å². The van der Waals surface area contributed by atoms with Gasteiger partial charge >= 0.3 is 0 Å². The van der Waals surface area contributed by atoms with E-state index in [1.54, 1.807) is 54.3 Å². The maximum atomic E-state index is 13.7. The zero-order valence-electron chi connectivity index (χ0n) is 23.0. The van der Waals surface area contributed by atoms with E-state index in [4.69, 9.17) is 19.6 Å². The summed E-state index contributed by atoms with van der Waals surface area (Å²) in [7, 11) is 3.08. The molecule has 1 amide bonds. The first kappa shape index (κ1) is 27.1. The van der Waals surface area contributed by atoms with E-state index in [1.807, 2.05) is 6.92 Å². The number of hydrogen-bond acceptors (Lipinski definition) is 8. The average molecular weight is 558 g/mol. The van der Waals surface area contributed by atoms with Crippen LogP contribution in [0.3, 0.4) is 0 Å². The van der Waals surface area contributed by atoms with E-state index in [2.05, 4.69) is 42.7 Å². The molecule has 1 aromatic heterocycles. The molecule has 2 heterocycles. The van der Waals surface area contributed by atoms with Gasteiger partial charge in [0.15, 0.2) is 11.5 Å². The van der Waals surface area contributed by atoms with Crippen LogP contribution in [0.2, 0.25) is 0 Å². The molecule has 1 aliphatic heterocycles. The molecule has 0 aliphatic carbocycles. The van der Waals surface area contributed by atoms with Gasteiger partial charge in [-0.05, 0) is 73.9 Å². The van der Waals surface area contributed by atoms with Crippen molar-refractivity contribution in [1.29, 1.82) is 0 Å². The lowest BCUT2D eigenvalue weighted by molar-refractivity contribution is -0.113. The molecule has 0 bridgehead atoms. The number of phenols is 1. The van der Waals surface area contributed by atoms with Crippen molar-refractivity contribution in [3.05, 3.63) is 94.2 Å². The molecule has 0 radical (unpaired) electrons. The summed E-state index contributed by atoms with van der Waals surface area (Å²) in [6.07, 6.45) is 0. The van der Waals surface area contributed by atoms with Gasteiger partial charge in [0.05, 0.1) is 19.8 Å². The number of thioether (sulfide) groups is 1. The highest BCUT2D eigenvalue weighted by Gasteiger charge is 2.35. The van der Waals surface area contributed by atoms with E-state index >= 15 is 0 Å². The molecule has 0 saturated carbocycles. The van der Waals surface area contributed by atoms with Crippen LogP contribution in [-0.2, 0) is 10.5 Å². The number of rotatable bonds is 8. The summed E-state index contributed by atoms with van der Waals surface area (Å²) in [5.74, 6) is 1.95. The van der Waals surface area contributed by atoms with Gasteiger partial charge in [-0.2, -0.15) is 4.98 Å². The topological polar surface area (TPSA) is 111 Å². The van der Waals surface area contributed by atoms with Crippen molar-refractivity contribution in [2.45, 2.75) is 37.7 Å². The number of aromatic hydroxyl groups is 1. The molecule has 0 unspecified atom stereocenters. The van der Waals surface area contributed by atoms with Crippen LogP contribution in [0, 0.1) is 13.8 Å². The number of anilines is 2. The number of aromatic nitrogens is 3. The van der Waals surface area contributed by atoms with Crippen LogP contribution in [0.25, 0.3) is 0 Å². The minimum Gasteiger partial charge on any atom is -0.504 e. The lowest BCUT2D eigenvalue weighted by Crippen LogP contribution is -2.31. The minimum absolute atomic E-state index is 0.00801. The maximum absolute atomic E-state index is 13.7. The fourth-order valence-corrected chi connectivity index (χ4v) is 5.59. The summed E-state index contributed by atoms with van der Waals surface area (Å²) in [5.41, 5.74) is 6.11. The third-order valence-electron chi connectivity index (χ3n) is 6.80. The summed E-state index contributed by atoms with van der Waals surface area (Å²) >= 11 is 1.53. The van der Waals surface area contributed by atoms with E-state index in [9.17, 15) is 9.90 Å². The zero-order chi connectivity index (χ0) is 28.4. The second kappa shape index (κ2) is 11.4. The Bertz CT molecular complexity index is 1600. The molecule has 9 nitrogen and oxygen atoms in total. The smallest absolute Gasteiger partial charge is 0.255 e. The summed E-state index contributed by atoms with van der Waals surface area (Å²) in [5, 5.41) is 21.9. The number of aryl methyl sites for hydroxylation is 2. The number of nitrogens with zero attached hydrogens (tertiary/aromatic N) is 3. The summed E-state index contributed by atoms with van der Waals surface area (Å²) < 4.78 is 12.3. The summed E-state index contributed by atoms with van der Waals surface area (Å²) in [4.78, 5) is 18.5. The molecular weight excluding hydrogens is 526 g/mol. The minimum atomic E-state index is -0.619. The third-order valence-corrected chi connectivity index (χ3v) is 7.69. The van der Waals surface area contributed by atoms with Gasteiger partial charge in [0.1, 0.15) is 11.8 Å². The van der Waals surface area contributed by atoms with Crippen molar-refractivity contribution >= 4 is 29.3 Å². The Balaban J connectivity index is 1.50. The Labute approximate surface area is 237 Å². The summed E-state index contributed by atoms with van der Waals surface area (Å²) in [6, 6.07) is 17.9. The highest BCUT2D eigenvalue weighted by molar-refractivity contribution is 7.98. The molecule has 1 aliphatic rings. The fraction of sp³-hybridized carbons (Fsp3) is 0.233. The first-order valence-electron chi connectivity index (χ1n) is 12.7. The monoisotopic (exact) mass is 557 g/mol. The average Bonchev–Trinajstić information content (AvgIpc) is 3.34. The SMILES string of the molecule is COc1ccc(NC(=O)C2=C(C)Nc3nc(SCc4ccc(C)cc4C)nn3[C@H]2c2ccc(O)c(OC)c2)cc1.